The molecule has 1 saturated heterocycles. The molecule has 3 amide bonds. The largest absolute Gasteiger partial charge is 0.349 e. The second-order valence-corrected chi connectivity index (χ2v) is 5.83. The predicted molar refractivity (Wildman–Crippen MR) is 76.1 cm³/mol. The minimum Gasteiger partial charge on any atom is -0.349 e. The van der Waals surface area contributed by atoms with Crippen LogP contribution in [0.4, 0.5) is 0 Å². The summed E-state index contributed by atoms with van der Waals surface area (Å²) in [7, 11) is 0. The first-order valence-electron chi connectivity index (χ1n) is 6.74. The number of thiophene rings is 1. The van der Waals surface area contributed by atoms with E-state index in [0.717, 1.165) is 4.88 Å². The van der Waals surface area contributed by atoms with Gasteiger partial charge in [-0.2, -0.15) is 0 Å². The molecule has 1 atom stereocenters. The van der Waals surface area contributed by atoms with Crippen molar-refractivity contribution in [2.45, 2.75) is 38.6 Å². The zero-order chi connectivity index (χ0) is 14.5. The number of hydrogen-bond donors (Lipinski definition) is 1. The number of carbonyl (C=O) groups excluding carboxylic acids is 3. The maximum absolute atomic E-state index is 11.8. The number of carbonyl (C=O) groups is 3. The molecule has 1 aliphatic rings. The van der Waals surface area contributed by atoms with E-state index < -0.39 is 0 Å². The average molecular weight is 294 g/mol. The van der Waals surface area contributed by atoms with Crippen LogP contribution >= 0.6 is 11.3 Å². The Balaban J connectivity index is 1.70. The summed E-state index contributed by atoms with van der Waals surface area (Å²) in [6.07, 6.45) is 1.45. The monoisotopic (exact) mass is 294 g/mol. The third-order valence-corrected chi connectivity index (χ3v) is 4.34. The molecule has 1 aromatic heterocycles. The van der Waals surface area contributed by atoms with Crippen molar-refractivity contribution in [3.05, 3.63) is 22.4 Å². The van der Waals surface area contributed by atoms with Gasteiger partial charge in [-0.05, 0) is 24.8 Å². The first-order valence-corrected chi connectivity index (χ1v) is 7.62. The minimum absolute atomic E-state index is 0.00227. The van der Waals surface area contributed by atoms with Crippen molar-refractivity contribution < 1.29 is 14.4 Å². The first-order chi connectivity index (χ1) is 9.58. The van der Waals surface area contributed by atoms with Gasteiger partial charge in [-0.25, -0.2) is 0 Å². The van der Waals surface area contributed by atoms with Gasteiger partial charge >= 0.3 is 0 Å². The van der Waals surface area contributed by atoms with Crippen LogP contribution in [0.5, 0.6) is 0 Å². The van der Waals surface area contributed by atoms with Crippen LogP contribution < -0.4 is 5.32 Å². The Morgan fingerprint density at radius 3 is 2.70 bits per heavy atom. The van der Waals surface area contributed by atoms with Gasteiger partial charge in [0.15, 0.2) is 0 Å². The zero-order valence-electron chi connectivity index (χ0n) is 11.4. The van der Waals surface area contributed by atoms with Crippen LogP contribution in [-0.2, 0) is 14.4 Å². The summed E-state index contributed by atoms with van der Waals surface area (Å²) < 4.78 is 0. The highest BCUT2D eigenvalue weighted by Crippen LogP contribution is 2.18. The number of imide groups is 1. The summed E-state index contributed by atoms with van der Waals surface area (Å²) in [4.78, 5) is 37.0. The van der Waals surface area contributed by atoms with E-state index >= 15 is 0 Å². The van der Waals surface area contributed by atoms with Gasteiger partial charge in [-0.3, -0.25) is 19.3 Å². The van der Waals surface area contributed by atoms with Gasteiger partial charge in [0, 0.05) is 30.7 Å². The van der Waals surface area contributed by atoms with E-state index in [1.165, 1.54) is 4.90 Å². The lowest BCUT2D eigenvalue weighted by atomic mass is 10.2. The van der Waals surface area contributed by atoms with Crippen LogP contribution in [0, 0.1) is 0 Å². The van der Waals surface area contributed by atoms with Crippen LogP contribution in [-0.4, -0.2) is 29.2 Å². The van der Waals surface area contributed by atoms with Crippen LogP contribution in [0.15, 0.2) is 17.5 Å². The molecule has 0 bridgehead atoms. The molecule has 0 spiro atoms. The zero-order valence-corrected chi connectivity index (χ0v) is 12.2. The van der Waals surface area contributed by atoms with E-state index in [9.17, 15) is 14.4 Å². The quantitative estimate of drug-likeness (QED) is 0.814. The fourth-order valence-corrected chi connectivity index (χ4v) is 2.93. The maximum Gasteiger partial charge on any atom is 0.229 e. The highest BCUT2D eigenvalue weighted by atomic mass is 32.1. The van der Waals surface area contributed by atoms with Crippen LogP contribution in [0.25, 0.3) is 0 Å². The molecule has 0 radical (unpaired) electrons. The molecule has 0 aromatic carbocycles. The molecule has 6 heteroatoms. The normalized spacial score (nSPS) is 16.6. The molecule has 20 heavy (non-hydrogen) atoms. The van der Waals surface area contributed by atoms with Gasteiger partial charge < -0.3 is 5.32 Å². The average Bonchev–Trinajstić information content (AvgIpc) is 3.03. The number of rotatable bonds is 6. The van der Waals surface area contributed by atoms with Crippen molar-refractivity contribution in [3.8, 4) is 0 Å². The minimum atomic E-state index is -0.123. The fourth-order valence-electron chi connectivity index (χ4n) is 2.19. The molecule has 0 unspecified atom stereocenters. The third-order valence-electron chi connectivity index (χ3n) is 3.29. The van der Waals surface area contributed by atoms with E-state index in [1.807, 2.05) is 24.4 Å². The van der Waals surface area contributed by atoms with Gasteiger partial charge in [0.2, 0.25) is 17.7 Å². The molecule has 2 rings (SSSR count). The number of nitrogens with one attached hydrogen (secondary N) is 1. The second kappa shape index (κ2) is 6.65. The SMILES string of the molecule is C[C@H](NC(=O)CCCN1C(=O)CCC1=O)c1cccs1. The Morgan fingerprint density at radius 2 is 2.10 bits per heavy atom. The summed E-state index contributed by atoms with van der Waals surface area (Å²) >= 11 is 1.61. The summed E-state index contributed by atoms with van der Waals surface area (Å²) in [5.41, 5.74) is 0. The molecule has 1 fully saturated rings. The molecule has 1 N–H and O–H groups in total. The fraction of sp³-hybridized carbons (Fsp3) is 0.500. The lowest BCUT2D eigenvalue weighted by Gasteiger charge is -2.15. The summed E-state index contributed by atoms with van der Waals surface area (Å²) in [6, 6.07) is 3.93. The molecular formula is C14H18N2O3S. The van der Waals surface area contributed by atoms with Crippen LogP contribution in [0.3, 0.4) is 0 Å². The van der Waals surface area contributed by atoms with Gasteiger partial charge in [0.1, 0.15) is 0 Å². The van der Waals surface area contributed by atoms with Gasteiger partial charge in [0.25, 0.3) is 0 Å². The Bertz CT molecular complexity index is 483. The lowest BCUT2D eigenvalue weighted by molar-refractivity contribution is -0.138. The van der Waals surface area contributed by atoms with Crippen LogP contribution in [0.2, 0.25) is 0 Å². The molecule has 0 aliphatic carbocycles. The number of likely N-dealkylation sites (tertiary alicyclic amines) is 1. The molecule has 5 nitrogen and oxygen atoms in total. The van der Waals surface area contributed by atoms with Crippen LogP contribution in [0.1, 0.15) is 43.5 Å². The van der Waals surface area contributed by atoms with E-state index in [4.69, 9.17) is 0 Å². The standard InChI is InChI=1S/C14H18N2O3S/c1-10(11-4-3-9-20-11)15-12(17)5-2-8-16-13(18)6-7-14(16)19/h3-4,9-10H,2,5-8H2,1H3,(H,15,17)/t10-/m0/s1. The van der Waals surface area contributed by atoms with E-state index in [1.54, 1.807) is 11.3 Å². The predicted octanol–water partition coefficient (Wildman–Crippen LogP) is 1.85. The third kappa shape index (κ3) is 3.66. The molecular weight excluding hydrogens is 276 g/mol. The molecule has 1 aliphatic heterocycles. The van der Waals surface area contributed by atoms with Crippen molar-refractivity contribution in [1.82, 2.24) is 10.2 Å². The molecule has 2 heterocycles. The second-order valence-electron chi connectivity index (χ2n) is 4.85. The number of nitrogens with zero attached hydrogens (tertiary/aromatic N) is 1. The first kappa shape index (κ1) is 14.7. The summed E-state index contributed by atoms with van der Waals surface area (Å²) in [5.74, 6) is -0.297. The van der Waals surface area contributed by atoms with Crippen molar-refractivity contribution in [1.29, 1.82) is 0 Å². The molecule has 0 saturated carbocycles. The van der Waals surface area contributed by atoms with Gasteiger partial charge in [0.05, 0.1) is 6.04 Å². The van der Waals surface area contributed by atoms with E-state index in [0.29, 0.717) is 32.2 Å². The van der Waals surface area contributed by atoms with E-state index in [2.05, 4.69) is 5.32 Å². The van der Waals surface area contributed by atoms with Crippen molar-refractivity contribution in [2.24, 2.45) is 0 Å². The van der Waals surface area contributed by atoms with Gasteiger partial charge in [-0.1, -0.05) is 6.07 Å². The Labute approximate surface area is 122 Å². The molecule has 1 aromatic rings. The number of hydrogen-bond acceptors (Lipinski definition) is 4. The Morgan fingerprint density at radius 1 is 1.40 bits per heavy atom. The highest BCUT2D eigenvalue weighted by Gasteiger charge is 2.28. The highest BCUT2D eigenvalue weighted by molar-refractivity contribution is 7.10. The van der Waals surface area contributed by atoms with Crippen molar-refractivity contribution in [3.63, 3.8) is 0 Å². The lowest BCUT2D eigenvalue weighted by Crippen LogP contribution is -2.31. The smallest absolute Gasteiger partial charge is 0.229 e. The summed E-state index contributed by atoms with van der Waals surface area (Å²) in [5, 5.41) is 4.89. The Hall–Kier alpha value is -1.69. The van der Waals surface area contributed by atoms with Gasteiger partial charge in [-0.15, -0.1) is 11.3 Å². The number of amides is 3. The maximum atomic E-state index is 11.8. The van der Waals surface area contributed by atoms with E-state index in [-0.39, 0.29) is 23.8 Å². The Kier molecular flexibility index (Phi) is 4.89. The summed E-state index contributed by atoms with van der Waals surface area (Å²) in [6.45, 7) is 2.29. The topological polar surface area (TPSA) is 66.5 Å². The molecule has 108 valence electrons. The van der Waals surface area contributed by atoms with Crippen molar-refractivity contribution in [2.75, 3.05) is 6.54 Å². The van der Waals surface area contributed by atoms with Crippen molar-refractivity contribution >= 4 is 29.1 Å².